The van der Waals surface area contributed by atoms with Crippen molar-refractivity contribution < 1.29 is 13.7 Å². The van der Waals surface area contributed by atoms with Crippen LogP contribution in [0.3, 0.4) is 0 Å². The molecule has 0 fully saturated rings. The van der Waals surface area contributed by atoms with Gasteiger partial charge >= 0.3 is 0 Å². The minimum Gasteiger partial charge on any atom is -0.476 e. The highest BCUT2D eigenvalue weighted by atomic mass is 31.0. The Labute approximate surface area is 83.3 Å². The van der Waals surface area contributed by atoms with E-state index < -0.39 is 0 Å². The lowest BCUT2D eigenvalue weighted by Crippen LogP contribution is -1.82. The van der Waals surface area contributed by atoms with Crippen molar-refractivity contribution >= 4 is 26.7 Å². The molecule has 0 radical (unpaired) electrons. The highest BCUT2D eigenvalue weighted by Crippen LogP contribution is 2.31. The van der Waals surface area contributed by atoms with Gasteiger partial charge in [0.1, 0.15) is 5.76 Å². The molecule has 2 aromatic rings. The zero-order valence-corrected chi connectivity index (χ0v) is 8.77. The highest BCUT2D eigenvalue weighted by molar-refractivity contribution is 7.10. The number of benzene rings is 1. The van der Waals surface area contributed by atoms with E-state index in [9.17, 15) is 4.79 Å². The van der Waals surface area contributed by atoms with Gasteiger partial charge < -0.3 is 8.94 Å². The van der Waals surface area contributed by atoms with Crippen LogP contribution in [-0.2, 0) is 0 Å². The average Bonchev–Trinajstić information content (AvgIpc) is 2.57. The molecule has 1 aromatic carbocycles. The molecule has 1 atom stereocenters. The zero-order valence-electron chi connectivity index (χ0n) is 7.61. The van der Waals surface area contributed by atoms with Crippen molar-refractivity contribution in [3.63, 3.8) is 0 Å². The fraction of sp³-hybridized carbons (Fsp3) is 0.100. The molecule has 0 aliphatic carbocycles. The summed E-state index contributed by atoms with van der Waals surface area (Å²) in [6.45, 7) is 1.83. The van der Waals surface area contributed by atoms with Crippen LogP contribution in [0, 0.1) is 6.92 Å². The third-order valence-corrected chi connectivity index (χ3v) is 2.31. The Kier molecular flexibility index (Phi) is 2.26. The molecule has 0 aliphatic heterocycles. The molecular formula is C10H9O3P. The van der Waals surface area contributed by atoms with Crippen LogP contribution in [-0.4, -0.2) is 6.29 Å². The van der Waals surface area contributed by atoms with Crippen LogP contribution < -0.4 is 4.52 Å². The number of rotatable bonds is 2. The molecule has 0 spiro atoms. The second-order valence-corrected chi connectivity index (χ2v) is 3.22. The number of aryl methyl sites for hydroxylation is 1. The molecule has 72 valence electrons. The molecule has 14 heavy (non-hydrogen) atoms. The van der Waals surface area contributed by atoms with Gasteiger partial charge in [0.05, 0.1) is 9.47 Å². The minimum atomic E-state index is 0.613. The Morgan fingerprint density at radius 1 is 1.50 bits per heavy atom. The van der Waals surface area contributed by atoms with Gasteiger partial charge in [-0.2, -0.15) is 0 Å². The van der Waals surface area contributed by atoms with Gasteiger partial charge in [-0.1, -0.05) is 0 Å². The lowest BCUT2D eigenvalue weighted by molar-refractivity contribution is 0.112. The van der Waals surface area contributed by atoms with Crippen molar-refractivity contribution in [1.29, 1.82) is 0 Å². The van der Waals surface area contributed by atoms with Gasteiger partial charge in [0.25, 0.3) is 0 Å². The van der Waals surface area contributed by atoms with Crippen LogP contribution in [0.25, 0.3) is 11.0 Å². The quantitative estimate of drug-likeness (QED) is 0.562. The van der Waals surface area contributed by atoms with Crippen LogP contribution in [0.4, 0.5) is 0 Å². The highest BCUT2D eigenvalue weighted by Gasteiger charge is 2.10. The molecule has 2 rings (SSSR count). The summed E-state index contributed by atoms with van der Waals surface area (Å²) < 4.78 is 10.5. The molecule has 0 aliphatic rings. The molecule has 1 heterocycles. The van der Waals surface area contributed by atoms with Crippen molar-refractivity contribution in [2.45, 2.75) is 6.92 Å². The van der Waals surface area contributed by atoms with Gasteiger partial charge in [-0.25, -0.2) is 0 Å². The van der Waals surface area contributed by atoms with Gasteiger partial charge in [-0.15, -0.1) is 0 Å². The van der Waals surface area contributed by atoms with Gasteiger partial charge in [-0.05, 0) is 25.1 Å². The Balaban J connectivity index is 2.83. The van der Waals surface area contributed by atoms with Crippen molar-refractivity contribution in [3.8, 4) is 5.75 Å². The van der Waals surface area contributed by atoms with Gasteiger partial charge in [0.15, 0.2) is 17.6 Å². The van der Waals surface area contributed by atoms with Crippen molar-refractivity contribution in [3.05, 3.63) is 29.5 Å². The first kappa shape index (κ1) is 9.22. The lowest BCUT2D eigenvalue weighted by atomic mass is 10.1. The Morgan fingerprint density at radius 2 is 2.29 bits per heavy atom. The van der Waals surface area contributed by atoms with E-state index in [1.54, 1.807) is 12.1 Å². The number of carbonyl (C=O) groups excluding carboxylic acids is 1. The minimum absolute atomic E-state index is 0.613. The number of aldehydes is 1. The summed E-state index contributed by atoms with van der Waals surface area (Å²) in [5.74, 6) is 1.38. The topological polar surface area (TPSA) is 39.4 Å². The fourth-order valence-corrected chi connectivity index (χ4v) is 1.62. The normalized spacial score (nSPS) is 10.4. The molecule has 0 saturated heterocycles. The summed E-state index contributed by atoms with van der Waals surface area (Å²) in [5.41, 5.74) is 1.23. The first-order chi connectivity index (χ1) is 6.76. The van der Waals surface area contributed by atoms with E-state index >= 15 is 0 Å². The molecule has 1 aromatic heterocycles. The predicted octanol–water partition coefficient (Wildman–Crippen LogP) is 2.72. The molecule has 0 N–H and O–H groups in total. The van der Waals surface area contributed by atoms with Crippen molar-refractivity contribution in [2.75, 3.05) is 0 Å². The van der Waals surface area contributed by atoms with Crippen LogP contribution in [0.1, 0.15) is 16.1 Å². The monoisotopic (exact) mass is 208 g/mol. The van der Waals surface area contributed by atoms with Gasteiger partial charge in [-0.3, -0.25) is 4.79 Å². The van der Waals surface area contributed by atoms with E-state index in [1.165, 1.54) is 0 Å². The van der Waals surface area contributed by atoms with E-state index in [1.807, 2.05) is 13.0 Å². The summed E-state index contributed by atoms with van der Waals surface area (Å²) in [4.78, 5) is 10.7. The third kappa shape index (κ3) is 1.30. The van der Waals surface area contributed by atoms with Crippen LogP contribution >= 0.6 is 9.47 Å². The number of fused-ring (bicyclic) bond motifs is 1. The lowest BCUT2D eigenvalue weighted by Gasteiger charge is -2.00. The van der Waals surface area contributed by atoms with Gasteiger partial charge in [0, 0.05) is 10.9 Å². The molecule has 0 amide bonds. The predicted molar refractivity (Wildman–Crippen MR) is 56.7 cm³/mol. The first-order valence-electron chi connectivity index (χ1n) is 4.11. The largest absolute Gasteiger partial charge is 0.476 e. The van der Waals surface area contributed by atoms with E-state index in [2.05, 4.69) is 9.47 Å². The smallest absolute Gasteiger partial charge is 0.177 e. The first-order valence-corrected chi connectivity index (χ1v) is 4.58. The Hall–Kier alpha value is -1.34. The molecule has 0 saturated carbocycles. The maximum atomic E-state index is 10.7. The maximum absolute atomic E-state index is 10.7. The van der Waals surface area contributed by atoms with Crippen LogP contribution in [0.15, 0.2) is 22.6 Å². The van der Waals surface area contributed by atoms with Gasteiger partial charge in [0.2, 0.25) is 0 Å². The van der Waals surface area contributed by atoms with E-state index in [4.69, 9.17) is 8.94 Å². The van der Waals surface area contributed by atoms with E-state index in [0.29, 0.717) is 16.9 Å². The number of carbonyl (C=O) groups is 1. The average molecular weight is 208 g/mol. The maximum Gasteiger partial charge on any atom is 0.177 e. The number of furan rings is 1. The SMILES string of the molecule is Cc1cc2c(C=O)ccc(OP)c2o1. The fourth-order valence-electron chi connectivity index (χ4n) is 1.44. The summed E-state index contributed by atoms with van der Waals surface area (Å²) in [6, 6.07) is 5.25. The summed E-state index contributed by atoms with van der Waals surface area (Å²) in [5, 5.41) is 0.789. The Bertz CT molecular complexity index is 487. The number of hydrogen-bond donors (Lipinski definition) is 0. The summed E-state index contributed by atoms with van der Waals surface area (Å²) >= 11 is 0. The number of hydrogen-bond acceptors (Lipinski definition) is 3. The van der Waals surface area contributed by atoms with E-state index in [0.717, 1.165) is 17.4 Å². The zero-order chi connectivity index (χ0) is 10.1. The van der Waals surface area contributed by atoms with Crippen LogP contribution in [0.5, 0.6) is 5.75 Å². The second kappa shape index (κ2) is 3.43. The molecule has 4 heteroatoms. The third-order valence-electron chi connectivity index (χ3n) is 2.06. The summed E-state index contributed by atoms with van der Waals surface area (Å²) in [6.07, 6.45) is 0.809. The molecule has 0 bridgehead atoms. The molecule has 3 nitrogen and oxygen atoms in total. The van der Waals surface area contributed by atoms with Crippen LogP contribution in [0.2, 0.25) is 0 Å². The van der Waals surface area contributed by atoms with E-state index in [-0.39, 0.29) is 0 Å². The summed E-state index contributed by atoms with van der Waals surface area (Å²) in [7, 11) is 2.16. The van der Waals surface area contributed by atoms with Crippen molar-refractivity contribution in [2.24, 2.45) is 0 Å². The Morgan fingerprint density at radius 3 is 2.93 bits per heavy atom. The second-order valence-electron chi connectivity index (χ2n) is 2.99. The standard InChI is InChI=1S/C10H9O3P/c1-6-4-8-7(5-11)2-3-9(13-14)10(8)12-6/h2-5H,14H2,1H3. The van der Waals surface area contributed by atoms with Crippen molar-refractivity contribution in [1.82, 2.24) is 0 Å². The molecule has 1 unspecified atom stereocenters. The molecular weight excluding hydrogens is 199 g/mol.